The van der Waals surface area contributed by atoms with Crippen LogP contribution in [0.3, 0.4) is 0 Å². The van der Waals surface area contributed by atoms with Crippen molar-refractivity contribution in [2.45, 2.75) is 5.92 Å². The van der Waals surface area contributed by atoms with Gasteiger partial charge in [0.1, 0.15) is 17.3 Å². The van der Waals surface area contributed by atoms with Crippen LogP contribution in [0.4, 0.5) is 18.9 Å². The molecule has 2 heterocycles. The first-order chi connectivity index (χ1) is 15.3. The van der Waals surface area contributed by atoms with E-state index in [4.69, 9.17) is 10.5 Å². The van der Waals surface area contributed by atoms with E-state index >= 15 is 0 Å². The number of anilines is 1. The standard InChI is InChI=1S/C22H15F3N4O3/c23-14-3-2-12(10-15(14)24)29-22(31)19(20(26)30)11-1-4-18(16(25)9-11)32-17-6-8-28-21-13(17)5-7-27-21/h1-10,19H,(H2,26,30)(H,27,28)(H,29,31). The van der Waals surface area contributed by atoms with E-state index in [9.17, 15) is 22.8 Å². The Bertz CT molecular complexity index is 1340. The van der Waals surface area contributed by atoms with Crippen LogP contribution in [0.2, 0.25) is 0 Å². The van der Waals surface area contributed by atoms with Crippen molar-refractivity contribution in [3.63, 3.8) is 0 Å². The molecule has 32 heavy (non-hydrogen) atoms. The Balaban J connectivity index is 1.58. The van der Waals surface area contributed by atoms with Gasteiger partial charge < -0.3 is 20.8 Å². The predicted molar refractivity (Wildman–Crippen MR) is 109 cm³/mol. The molecule has 0 saturated heterocycles. The van der Waals surface area contributed by atoms with Gasteiger partial charge in [0.25, 0.3) is 0 Å². The maximum Gasteiger partial charge on any atom is 0.241 e. The summed E-state index contributed by atoms with van der Waals surface area (Å²) in [5, 5.41) is 2.91. The zero-order valence-corrected chi connectivity index (χ0v) is 16.2. The molecule has 0 saturated carbocycles. The monoisotopic (exact) mass is 440 g/mol. The van der Waals surface area contributed by atoms with Crippen LogP contribution in [0.15, 0.2) is 60.9 Å². The molecule has 2 aromatic heterocycles. The van der Waals surface area contributed by atoms with E-state index in [2.05, 4.69) is 15.3 Å². The number of ether oxygens (including phenoxy) is 1. The van der Waals surface area contributed by atoms with Gasteiger partial charge in [-0.2, -0.15) is 0 Å². The number of nitrogens with zero attached hydrogens (tertiary/aromatic N) is 1. The van der Waals surface area contributed by atoms with Crippen LogP contribution < -0.4 is 15.8 Å². The Labute approximate surface area is 179 Å². The molecule has 4 aromatic rings. The van der Waals surface area contributed by atoms with Crippen molar-refractivity contribution in [3.8, 4) is 11.5 Å². The number of nitrogens with two attached hydrogens (primary N) is 1. The Morgan fingerprint density at radius 2 is 1.78 bits per heavy atom. The molecule has 162 valence electrons. The molecule has 2 amide bonds. The highest BCUT2D eigenvalue weighted by atomic mass is 19.2. The van der Waals surface area contributed by atoms with Crippen molar-refractivity contribution in [1.82, 2.24) is 9.97 Å². The van der Waals surface area contributed by atoms with Gasteiger partial charge in [0, 0.05) is 24.1 Å². The number of carbonyl (C=O) groups excluding carboxylic acids is 2. The average molecular weight is 440 g/mol. The number of amides is 2. The smallest absolute Gasteiger partial charge is 0.241 e. The maximum atomic E-state index is 14.7. The molecule has 7 nitrogen and oxygen atoms in total. The molecule has 2 aromatic carbocycles. The Hall–Kier alpha value is -4.34. The van der Waals surface area contributed by atoms with Gasteiger partial charge in [0.15, 0.2) is 23.2 Å². The van der Waals surface area contributed by atoms with E-state index in [0.29, 0.717) is 16.8 Å². The number of H-pyrrole nitrogens is 1. The van der Waals surface area contributed by atoms with Crippen LogP contribution >= 0.6 is 0 Å². The van der Waals surface area contributed by atoms with Gasteiger partial charge in [0.2, 0.25) is 11.8 Å². The molecule has 0 bridgehead atoms. The first kappa shape index (κ1) is 20.9. The number of carbonyl (C=O) groups is 2. The minimum atomic E-state index is -1.58. The van der Waals surface area contributed by atoms with Crippen molar-refractivity contribution >= 4 is 28.5 Å². The van der Waals surface area contributed by atoms with Crippen molar-refractivity contribution in [2.24, 2.45) is 5.73 Å². The van der Waals surface area contributed by atoms with Gasteiger partial charge in [0.05, 0.1) is 5.39 Å². The molecule has 0 fully saturated rings. The second-order valence-corrected chi connectivity index (χ2v) is 6.79. The molecule has 10 heteroatoms. The zero-order valence-electron chi connectivity index (χ0n) is 16.2. The Kier molecular flexibility index (Phi) is 5.50. The second-order valence-electron chi connectivity index (χ2n) is 6.79. The molecule has 1 unspecified atom stereocenters. The fraction of sp³-hybridized carbons (Fsp3) is 0.0455. The average Bonchev–Trinajstić information content (AvgIpc) is 3.22. The summed E-state index contributed by atoms with van der Waals surface area (Å²) >= 11 is 0. The number of aromatic nitrogens is 2. The van der Waals surface area contributed by atoms with Gasteiger partial charge in [-0.25, -0.2) is 18.2 Å². The molecule has 4 rings (SSSR count). The lowest BCUT2D eigenvalue weighted by Crippen LogP contribution is -2.32. The van der Waals surface area contributed by atoms with E-state index in [1.54, 1.807) is 18.3 Å². The second kappa shape index (κ2) is 8.42. The summed E-state index contributed by atoms with van der Waals surface area (Å²) in [4.78, 5) is 31.5. The number of primary amides is 1. The number of fused-ring (bicyclic) bond motifs is 1. The van der Waals surface area contributed by atoms with Crippen molar-refractivity contribution in [1.29, 1.82) is 0 Å². The highest BCUT2D eigenvalue weighted by Crippen LogP contribution is 2.31. The fourth-order valence-corrected chi connectivity index (χ4v) is 3.16. The minimum Gasteiger partial charge on any atom is -0.453 e. The number of hydrogen-bond donors (Lipinski definition) is 3. The van der Waals surface area contributed by atoms with Gasteiger partial charge in [-0.05, 0) is 42.0 Å². The van der Waals surface area contributed by atoms with Crippen molar-refractivity contribution in [2.75, 3.05) is 5.32 Å². The third kappa shape index (κ3) is 4.10. The van der Waals surface area contributed by atoms with Crippen LogP contribution in [0.25, 0.3) is 11.0 Å². The predicted octanol–water partition coefficient (Wildman–Crippen LogP) is 3.98. The Morgan fingerprint density at radius 1 is 0.969 bits per heavy atom. The number of hydrogen-bond acceptors (Lipinski definition) is 4. The van der Waals surface area contributed by atoms with E-state index in [0.717, 1.165) is 24.3 Å². The number of halogens is 3. The summed E-state index contributed by atoms with van der Waals surface area (Å²) in [7, 11) is 0. The molecule has 0 aliphatic heterocycles. The fourth-order valence-electron chi connectivity index (χ4n) is 3.16. The van der Waals surface area contributed by atoms with Crippen LogP contribution in [0.5, 0.6) is 11.5 Å². The minimum absolute atomic E-state index is 0.0380. The van der Waals surface area contributed by atoms with E-state index < -0.39 is 35.2 Å². The summed E-state index contributed by atoms with van der Waals surface area (Å²) in [6.45, 7) is 0. The SMILES string of the molecule is NC(=O)C(C(=O)Nc1ccc(F)c(F)c1)c1ccc(Oc2ccnc3[nH]ccc23)c(F)c1. The summed E-state index contributed by atoms with van der Waals surface area (Å²) in [6, 6.07) is 9.47. The number of rotatable bonds is 6. The maximum absolute atomic E-state index is 14.7. The quantitative estimate of drug-likeness (QED) is 0.394. The summed E-state index contributed by atoms with van der Waals surface area (Å²) in [5.74, 6) is -6.48. The van der Waals surface area contributed by atoms with Gasteiger partial charge in [-0.1, -0.05) is 6.07 Å². The third-order valence-electron chi connectivity index (χ3n) is 4.66. The molecule has 0 spiro atoms. The molecular formula is C22H15F3N4O3. The van der Waals surface area contributed by atoms with Crippen molar-refractivity contribution in [3.05, 3.63) is 83.9 Å². The van der Waals surface area contributed by atoms with E-state index in [-0.39, 0.29) is 17.0 Å². The van der Waals surface area contributed by atoms with E-state index in [1.165, 1.54) is 18.3 Å². The van der Waals surface area contributed by atoms with Gasteiger partial charge in [-0.3, -0.25) is 9.59 Å². The highest BCUT2D eigenvalue weighted by Gasteiger charge is 2.28. The van der Waals surface area contributed by atoms with Gasteiger partial charge in [-0.15, -0.1) is 0 Å². The largest absolute Gasteiger partial charge is 0.453 e. The van der Waals surface area contributed by atoms with E-state index in [1.807, 2.05) is 0 Å². The topological polar surface area (TPSA) is 110 Å². The van der Waals surface area contributed by atoms with Gasteiger partial charge >= 0.3 is 0 Å². The molecule has 0 aliphatic rings. The molecule has 0 aliphatic carbocycles. The van der Waals surface area contributed by atoms with Crippen LogP contribution in [-0.2, 0) is 9.59 Å². The first-order valence-corrected chi connectivity index (χ1v) is 9.28. The Morgan fingerprint density at radius 3 is 2.50 bits per heavy atom. The van der Waals surface area contributed by atoms with Crippen LogP contribution in [-0.4, -0.2) is 21.8 Å². The number of aromatic amines is 1. The zero-order chi connectivity index (χ0) is 22.8. The summed E-state index contributed by atoms with van der Waals surface area (Å²) in [6.07, 6.45) is 3.15. The molecule has 4 N–H and O–H groups in total. The summed E-state index contributed by atoms with van der Waals surface area (Å²) in [5.41, 5.74) is 5.77. The first-order valence-electron chi connectivity index (χ1n) is 9.28. The molecular weight excluding hydrogens is 425 g/mol. The molecule has 0 radical (unpaired) electrons. The normalized spacial score (nSPS) is 11.8. The molecule has 1 atom stereocenters. The number of benzene rings is 2. The lowest BCUT2D eigenvalue weighted by molar-refractivity contribution is -0.127. The number of nitrogens with one attached hydrogen (secondary N) is 2. The van der Waals surface area contributed by atoms with Crippen molar-refractivity contribution < 1.29 is 27.5 Å². The summed E-state index contributed by atoms with van der Waals surface area (Å²) < 4.78 is 46.8. The third-order valence-corrected chi connectivity index (χ3v) is 4.66. The lowest BCUT2D eigenvalue weighted by Gasteiger charge is -2.15. The number of pyridine rings is 1. The lowest BCUT2D eigenvalue weighted by atomic mass is 9.97. The highest BCUT2D eigenvalue weighted by molar-refractivity contribution is 6.10. The van der Waals surface area contributed by atoms with Crippen LogP contribution in [0, 0.1) is 17.5 Å². The van der Waals surface area contributed by atoms with Crippen LogP contribution in [0.1, 0.15) is 11.5 Å².